The molecular formula is C14H19NO3S. The molecule has 0 fully saturated rings. The Kier molecular flexibility index (Phi) is 6.42. The second kappa shape index (κ2) is 7.84. The molecule has 0 unspecified atom stereocenters. The van der Waals surface area contributed by atoms with Gasteiger partial charge in [-0.15, -0.1) is 11.8 Å². The molecule has 0 radical (unpaired) electrons. The highest BCUT2D eigenvalue weighted by Crippen LogP contribution is 2.14. The van der Waals surface area contributed by atoms with Crippen molar-refractivity contribution in [2.24, 2.45) is 0 Å². The summed E-state index contributed by atoms with van der Waals surface area (Å²) in [7, 11) is 0. The van der Waals surface area contributed by atoms with E-state index in [-0.39, 0.29) is 11.5 Å². The quantitative estimate of drug-likeness (QED) is 0.834. The van der Waals surface area contributed by atoms with E-state index >= 15 is 0 Å². The molecule has 0 bridgehead atoms. The molecule has 19 heavy (non-hydrogen) atoms. The minimum absolute atomic E-state index is 0.129. The summed E-state index contributed by atoms with van der Waals surface area (Å²) in [5.74, 6) is 0.281. The van der Waals surface area contributed by atoms with Crippen molar-refractivity contribution in [3.8, 4) is 0 Å². The molecular weight excluding hydrogens is 262 g/mol. The van der Waals surface area contributed by atoms with E-state index in [0.717, 1.165) is 18.7 Å². The number of carboxylic acids is 1. The lowest BCUT2D eigenvalue weighted by Crippen LogP contribution is -2.31. The van der Waals surface area contributed by atoms with Gasteiger partial charge in [0, 0.05) is 18.8 Å². The van der Waals surface area contributed by atoms with Gasteiger partial charge in [-0.3, -0.25) is 4.79 Å². The van der Waals surface area contributed by atoms with E-state index in [9.17, 15) is 9.59 Å². The molecule has 1 aromatic carbocycles. The number of rotatable bonds is 7. The van der Waals surface area contributed by atoms with Crippen LogP contribution in [0.25, 0.3) is 0 Å². The monoisotopic (exact) mass is 281 g/mol. The van der Waals surface area contributed by atoms with Gasteiger partial charge in [0.2, 0.25) is 5.91 Å². The zero-order valence-electron chi connectivity index (χ0n) is 11.3. The Bertz CT molecular complexity index is 444. The summed E-state index contributed by atoms with van der Waals surface area (Å²) < 4.78 is 0. The second-order valence-corrected chi connectivity index (χ2v) is 5.05. The van der Waals surface area contributed by atoms with Gasteiger partial charge in [0.05, 0.1) is 11.3 Å². The van der Waals surface area contributed by atoms with Crippen LogP contribution in [-0.2, 0) is 10.5 Å². The molecule has 0 aliphatic rings. The van der Waals surface area contributed by atoms with E-state index in [1.165, 1.54) is 11.8 Å². The van der Waals surface area contributed by atoms with Crippen LogP contribution in [0.4, 0.5) is 0 Å². The SMILES string of the molecule is CCN(CC)C(=O)CSCc1cccc(C(=O)O)c1. The number of carbonyl (C=O) groups excluding carboxylic acids is 1. The van der Waals surface area contributed by atoms with Gasteiger partial charge >= 0.3 is 5.97 Å². The van der Waals surface area contributed by atoms with E-state index in [1.54, 1.807) is 23.1 Å². The maximum atomic E-state index is 11.8. The number of hydrogen-bond donors (Lipinski definition) is 1. The van der Waals surface area contributed by atoms with Crippen LogP contribution >= 0.6 is 11.8 Å². The number of nitrogens with zero attached hydrogens (tertiary/aromatic N) is 1. The molecule has 1 aromatic rings. The molecule has 4 nitrogen and oxygen atoms in total. The van der Waals surface area contributed by atoms with Crippen LogP contribution in [0, 0.1) is 0 Å². The molecule has 0 aromatic heterocycles. The Balaban J connectivity index is 2.47. The van der Waals surface area contributed by atoms with Gasteiger partial charge in [0.1, 0.15) is 0 Å². The predicted octanol–water partition coefficient (Wildman–Crippen LogP) is 2.49. The van der Waals surface area contributed by atoms with E-state index in [0.29, 0.717) is 11.5 Å². The van der Waals surface area contributed by atoms with Gasteiger partial charge in [-0.05, 0) is 31.5 Å². The van der Waals surface area contributed by atoms with E-state index in [2.05, 4.69) is 0 Å². The fourth-order valence-electron chi connectivity index (χ4n) is 1.72. The van der Waals surface area contributed by atoms with Gasteiger partial charge in [-0.25, -0.2) is 4.79 Å². The average Bonchev–Trinajstić information content (AvgIpc) is 2.40. The van der Waals surface area contributed by atoms with E-state index in [1.807, 2.05) is 19.9 Å². The van der Waals surface area contributed by atoms with Crippen LogP contribution in [-0.4, -0.2) is 40.7 Å². The summed E-state index contributed by atoms with van der Waals surface area (Å²) in [5.41, 5.74) is 1.21. The molecule has 0 heterocycles. The Hall–Kier alpha value is -1.49. The smallest absolute Gasteiger partial charge is 0.335 e. The van der Waals surface area contributed by atoms with Gasteiger partial charge in [-0.1, -0.05) is 12.1 Å². The third-order valence-electron chi connectivity index (χ3n) is 2.78. The first-order chi connectivity index (χ1) is 9.08. The van der Waals surface area contributed by atoms with Crippen LogP contribution in [0.2, 0.25) is 0 Å². The molecule has 0 saturated carbocycles. The maximum Gasteiger partial charge on any atom is 0.335 e. The van der Waals surface area contributed by atoms with E-state index < -0.39 is 5.97 Å². The standard InChI is InChI=1S/C14H19NO3S/c1-3-15(4-2)13(16)10-19-9-11-6-5-7-12(8-11)14(17)18/h5-8H,3-4,9-10H2,1-2H3,(H,17,18). The number of aromatic carboxylic acids is 1. The van der Waals surface area contributed by atoms with Gasteiger partial charge in [-0.2, -0.15) is 0 Å². The molecule has 1 amide bonds. The maximum absolute atomic E-state index is 11.8. The highest BCUT2D eigenvalue weighted by atomic mass is 32.2. The van der Waals surface area contributed by atoms with Crippen LogP contribution in [0.5, 0.6) is 0 Å². The van der Waals surface area contributed by atoms with Crippen LogP contribution in [0.3, 0.4) is 0 Å². The number of thioether (sulfide) groups is 1. The largest absolute Gasteiger partial charge is 0.478 e. The predicted molar refractivity (Wildman–Crippen MR) is 77.5 cm³/mol. The van der Waals surface area contributed by atoms with Gasteiger partial charge < -0.3 is 10.0 Å². The molecule has 0 spiro atoms. The minimum atomic E-state index is -0.925. The summed E-state index contributed by atoms with van der Waals surface area (Å²) in [6.45, 7) is 5.37. The highest BCUT2D eigenvalue weighted by molar-refractivity contribution is 7.99. The summed E-state index contributed by atoms with van der Waals surface area (Å²) in [6, 6.07) is 6.82. The van der Waals surface area contributed by atoms with Crippen LogP contribution in [0.1, 0.15) is 29.8 Å². The first kappa shape index (κ1) is 15.6. The third kappa shape index (κ3) is 4.95. The number of benzene rings is 1. The number of hydrogen-bond acceptors (Lipinski definition) is 3. The first-order valence-corrected chi connectivity index (χ1v) is 7.41. The molecule has 0 saturated heterocycles. The Morgan fingerprint density at radius 3 is 2.53 bits per heavy atom. The Labute approximate surface area is 117 Å². The fraction of sp³-hybridized carbons (Fsp3) is 0.429. The van der Waals surface area contributed by atoms with Gasteiger partial charge in [0.15, 0.2) is 0 Å². The second-order valence-electron chi connectivity index (χ2n) is 4.06. The zero-order valence-corrected chi connectivity index (χ0v) is 12.1. The summed E-state index contributed by atoms with van der Waals surface area (Å²) in [4.78, 5) is 24.4. The molecule has 5 heteroatoms. The van der Waals surface area contributed by atoms with Crippen LogP contribution in [0.15, 0.2) is 24.3 Å². The van der Waals surface area contributed by atoms with Crippen molar-refractivity contribution < 1.29 is 14.7 Å². The highest BCUT2D eigenvalue weighted by Gasteiger charge is 2.09. The van der Waals surface area contributed by atoms with Crippen molar-refractivity contribution >= 4 is 23.6 Å². The van der Waals surface area contributed by atoms with Crippen molar-refractivity contribution in [2.45, 2.75) is 19.6 Å². The molecule has 0 aliphatic carbocycles. The summed E-state index contributed by atoms with van der Waals surface area (Å²) in [6.07, 6.45) is 0. The molecule has 0 aliphatic heterocycles. The lowest BCUT2D eigenvalue weighted by atomic mass is 10.1. The minimum Gasteiger partial charge on any atom is -0.478 e. The number of carbonyl (C=O) groups is 2. The zero-order chi connectivity index (χ0) is 14.3. The summed E-state index contributed by atoms with van der Waals surface area (Å²) >= 11 is 1.51. The number of carboxylic acid groups (broad SMARTS) is 1. The normalized spacial score (nSPS) is 10.2. The van der Waals surface area contributed by atoms with Gasteiger partial charge in [0.25, 0.3) is 0 Å². The molecule has 1 rings (SSSR count). The van der Waals surface area contributed by atoms with Crippen molar-refractivity contribution in [3.63, 3.8) is 0 Å². The molecule has 1 N–H and O–H groups in total. The van der Waals surface area contributed by atoms with Crippen LogP contribution < -0.4 is 0 Å². The van der Waals surface area contributed by atoms with Crippen molar-refractivity contribution in [1.82, 2.24) is 4.90 Å². The fourth-order valence-corrected chi connectivity index (χ4v) is 2.59. The van der Waals surface area contributed by atoms with Crippen molar-refractivity contribution in [3.05, 3.63) is 35.4 Å². The average molecular weight is 281 g/mol. The first-order valence-electron chi connectivity index (χ1n) is 6.26. The number of amides is 1. The Morgan fingerprint density at radius 1 is 1.26 bits per heavy atom. The van der Waals surface area contributed by atoms with E-state index in [4.69, 9.17) is 5.11 Å². The molecule has 104 valence electrons. The van der Waals surface area contributed by atoms with Crippen molar-refractivity contribution in [2.75, 3.05) is 18.8 Å². The lowest BCUT2D eigenvalue weighted by Gasteiger charge is -2.18. The third-order valence-corrected chi connectivity index (χ3v) is 3.77. The summed E-state index contributed by atoms with van der Waals surface area (Å²) in [5, 5.41) is 8.89. The van der Waals surface area contributed by atoms with Crippen molar-refractivity contribution in [1.29, 1.82) is 0 Å². The Morgan fingerprint density at radius 2 is 1.95 bits per heavy atom. The lowest BCUT2D eigenvalue weighted by molar-refractivity contribution is -0.127. The molecule has 0 atom stereocenters. The topological polar surface area (TPSA) is 57.6 Å².